The van der Waals surface area contributed by atoms with Crippen molar-refractivity contribution in [1.82, 2.24) is 4.90 Å². The van der Waals surface area contributed by atoms with Gasteiger partial charge in [-0.3, -0.25) is 4.90 Å². The second-order valence-corrected chi connectivity index (χ2v) is 4.45. The Labute approximate surface area is 106 Å². The summed E-state index contributed by atoms with van der Waals surface area (Å²) < 4.78 is 5.12. The number of benzene rings is 1. The van der Waals surface area contributed by atoms with Crippen LogP contribution < -0.4 is 4.74 Å². The Hall–Kier alpha value is -1.81. The van der Waals surface area contributed by atoms with Crippen molar-refractivity contribution < 1.29 is 14.6 Å². The van der Waals surface area contributed by atoms with Crippen LogP contribution in [0, 0.1) is 0 Å². The molecule has 0 aromatic heterocycles. The zero-order valence-electron chi connectivity index (χ0n) is 10.6. The first-order valence-corrected chi connectivity index (χ1v) is 5.90. The topological polar surface area (TPSA) is 49.8 Å². The van der Waals surface area contributed by atoms with Crippen molar-refractivity contribution in [3.8, 4) is 5.75 Å². The minimum absolute atomic E-state index is 0.0238. The molecular formula is C14H17NO3. The first-order valence-electron chi connectivity index (χ1n) is 5.90. The van der Waals surface area contributed by atoms with Crippen molar-refractivity contribution in [2.75, 3.05) is 20.7 Å². The lowest BCUT2D eigenvalue weighted by Crippen LogP contribution is -2.30. The molecule has 1 heterocycles. The molecule has 1 atom stereocenters. The summed E-state index contributed by atoms with van der Waals surface area (Å²) in [6.07, 6.45) is 2.42. The van der Waals surface area contributed by atoms with E-state index in [2.05, 4.69) is 4.90 Å². The van der Waals surface area contributed by atoms with Crippen molar-refractivity contribution in [1.29, 1.82) is 0 Å². The third-order valence-electron chi connectivity index (χ3n) is 3.30. The second-order valence-electron chi connectivity index (χ2n) is 4.45. The Morgan fingerprint density at radius 3 is 2.61 bits per heavy atom. The van der Waals surface area contributed by atoms with Crippen molar-refractivity contribution in [3.05, 3.63) is 41.5 Å². The molecule has 4 heteroatoms. The van der Waals surface area contributed by atoms with Gasteiger partial charge in [0.2, 0.25) is 0 Å². The lowest BCUT2D eigenvalue weighted by atomic mass is 9.97. The Morgan fingerprint density at radius 2 is 2.06 bits per heavy atom. The van der Waals surface area contributed by atoms with E-state index in [4.69, 9.17) is 9.84 Å². The fraction of sp³-hybridized carbons (Fsp3) is 0.357. The molecule has 0 fully saturated rings. The first kappa shape index (κ1) is 12.6. The van der Waals surface area contributed by atoms with Gasteiger partial charge in [0.1, 0.15) is 5.75 Å². The molecular weight excluding hydrogens is 230 g/mol. The highest BCUT2D eigenvalue weighted by atomic mass is 16.5. The van der Waals surface area contributed by atoms with Gasteiger partial charge in [0.15, 0.2) is 0 Å². The average molecular weight is 247 g/mol. The molecule has 0 saturated carbocycles. The van der Waals surface area contributed by atoms with Gasteiger partial charge in [0.05, 0.1) is 13.2 Å². The zero-order valence-corrected chi connectivity index (χ0v) is 10.6. The number of hydrogen-bond acceptors (Lipinski definition) is 3. The Balaban J connectivity index is 2.28. The summed E-state index contributed by atoms with van der Waals surface area (Å²) >= 11 is 0. The Kier molecular flexibility index (Phi) is 3.67. The molecule has 0 radical (unpaired) electrons. The molecule has 1 aromatic carbocycles. The van der Waals surface area contributed by atoms with Gasteiger partial charge in [-0.2, -0.15) is 0 Å². The summed E-state index contributed by atoms with van der Waals surface area (Å²) in [5.74, 6) is -0.0127. The molecule has 1 N–H and O–H groups in total. The molecule has 0 amide bonds. The molecule has 18 heavy (non-hydrogen) atoms. The summed E-state index contributed by atoms with van der Waals surface area (Å²) in [4.78, 5) is 13.2. The van der Waals surface area contributed by atoms with Crippen molar-refractivity contribution >= 4 is 5.97 Å². The number of ether oxygens (including phenoxy) is 1. The number of nitrogens with zero attached hydrogens (tertiary/aromatic N) is 1. The minimum atomic E-state index is -0.818. The summed E-state index contributed by atoms with van der Waals surface area (Å²) in [6.45, 7) is 0.759. The number of carboxylic acids is 1. The van der Waals surface area contributed by atoms with E-state index in [1.165, 1.54) is 0 Å². The van der Waals surface area contributed by atoms with Crippen LogP contribution in [0.1, 0.15) is 18.0 Å². The van der Waals surface area contributed by atoms with Crippen molar-refractivity contribution in [3.63, 3.8) is 0 Å². The van der Waals surface area contributed by atoms with Crippen LogP contribution in [0.5, 0.6) is 5.75 Å². The standard InChI is InChI=1S/C14H17NO3/c1-15-8-7-11(14(16)17)9-13(15)10-3-5-12(18-2)6-4-10/h3-6,9,13H,7-8H2,1-2H3,(H,16,17). The van der Waals surface area contributed by atoms with E-state index in [0.29, 0.717) is 12.0 Å². The normalized spacial score (nSPS) is 20.3. The van der Waals surface area contributed by atoms with Crippen LogP contribution in [0.25, 0.3) is 0 Å². The van der Waals surface area contributed by atoms with Crippen LogP contribution in [0.3, 0.4) is 0 Å². The van der Waals surface area contributed by atoms with E-state index in [1.807, 2.05) is 37.4 Å². The predicted octanol–water partition coefficient (Wildman–Crippen LogP) is 2.08. The maximum Gasteiger partial charge on any atom is 0.331 e. The van der Waals surface area contributed by atoms with E-state index in [0.717, 1.165) is 17.9 Å². The molecule has 1 unspecified atom stereocenters. The molecule has 0 bridgehead atoms. The number of carbonyl (C=O) groups is 1. The van der Waals surface area contributed by atoms with Crippen LogP contribution in [-0.4, -0.2) is 36.7 Å². The van der Waals surface area contributed by atoms with Gasteiger partial charge in [0.25, 0.3) is 0 Å². The summed E-state index contributed by atoms with van der Waals surface area (Å²) in [6, 6.07) is 7.76. The van der Waals surface area contributed by atoms with Gasteiger partial charge in [-0.1, -0.05) is 18.2 Å². The molecule has 0 saturated heterocycles. The minimum Gasteiger partial charge on any atom is -0.497 e. The monoisotopic (exact) mass is 247 g/mol. The van der Waals surface area contributed by atoms with Crippen molar-refractivity contribution in [2.24, 2.45) is 0 Å². The number of rotatable bonds is 3. The van der Waals surface area contributed by atoms with E-state index in [-0.39, 0.29) is 6.04 Å². The molecule has 96 valence electrons. The molecule has 0 spiro atoms. The highest BCUT2D eigenvalue weighted by molar-refractivity contribution is 5.86. The van der Waals surface area contributed by atoms with Gasteiger partial charge in [-0.05, 0) is 31.2 Å². The highest BCUT2D eigenvalue weighted by Gasteiger charge is 2.23. The quantitative estimate of drug-likeness (QED) is 0.888. The lowest BCUT2D eigenvalue weighted by Gasteiger charge is -2.30. The Morgan fingerprint density at radius 1 is 1.39 bits per heavy atom. The smallest absolute Gasteiger partial charge is 0.331 e. The number of likely N-dealkylation sites (N-methyl/N-ethyl adjacent to an activating group) is 1. The van der Waals surface area contributed by atoms with E-state index >= 15 is 0 Å². The van der Waals surface area contributed by atoms with Crippen LogP contribution in [-0.2, 0) is 4.79 Å². The van der Waals surface area contributed by atoms with Crippen LogP contribution in [0.4, 0.5) is 0 Å². The number of aliphatic carboxylic acids is 1. The molecule has 1 aromatic rings. The third kappa shape index (κ3) is 2.54. The van der Waals surface area contributed by atoms with Crippen LogP contribution in [0.15, 0.2) is 35.9 Å². The molecule has 0 aliphatic carbocycles. The summed E-state index contributed by atoms with van der Waals surface area (Å²) in [7, 11) is 3.63. The molecule has 2 rings (SSSR count). The van der Waals surface area contributed by atoms with Crippen LogP contribution >= 0.6 is 0 Å². The van der Waals surface area contributed by atoms with Gasteiger partial charge in [-0.25, -0.2) is 4.79 Å². The molecule has 1 aliphatic heterocycles. The number of carboxylic acid groups (broad SMARTS) is 1. The fourth-order valence-electron chi connectivity index (χ4n) is 2.17. The first-order chi connectivity index (χ1) is 8.61. The van der Waals surface area contributed by atoms with E-state index in [1.54, 1.807) is 7.11 Å². The Bertz CT molecular complexity index is 464. The van der Waals surface area contributed by atoms with Gasteiger partial charge < -0.3 is 9.84 Å². The maximum atomic E-state index is 11.0. The molecule has 1 aliphatic rings. The third-order valence-corrected chi connectivity index (χ3v) is 3.30. The van der Waals surface area contributed by atoms with Crippen LogP contribution in [0.2, 0.25) is 0 Å². The largest absolute Gasteiger partial charge is 0.497 e. The highest BCUT2D eigenvalue weighted by Crippen LogP contribution is 2.28. The lowest BCUT2D eigenvalue weighted by molar-refractivity contribution is -0.133. The summed E-state index contributed by atoms with van der Waals surface area (Å²) in [5, 5.41) is 9.06. The fourth-order valence-corrected chi connectivity index (χ4v) is 2.17. The van der Waals surface area contributed by atoms with E-state index in [9.17, 15) is 4.79 Å². The maximum absolute atomic E-state index is 11.0. The zero-order chi connectivity index (χ0) is 13.1. The molecule has 4 nitrogen and oxygen atoms in total. The summed E-state index contributed by atoms with van der Waals surface area (Å²) in [5.41, 5.74) is 1.57. The number of hydrogen-bond donors (Lipinski definition) is 1. The second kappa shape index (κ2) is 5.23. The number of methoxy groups -OCH3 is 1. The van der Waals surface area contributed by atoms with Gasteiger partial charge in [-0.15, -0.1) is 0 Å². The average Bonchev–Trinajstić information content (AvgIpc) is 2.39. The van der Waals surface area contributed by atoms with Crippen molar-refractivity contribution in [2.45, 2.75) is 12.5 Å². The van der Waals surface area contributed by atoms with Gasteiger partial charge in [0, 0.05) is 12.1 Å². The SMILES string of the molecule is COc1ccc(C2C=C(C(=O)O)CCN2C)cc1. The van der Waals surface area contributed by atoms with Gasteiger partial charge >= 0.3 is 5.97 Å². The van der Waals surface area contributed by atoms with E-state index < -0.39 is 5.97 Å². The predicted molar refractivity (Wildman–Crippen MR) is 68.7 cm³/mol.